The minimum Gasteiger partial charge on any atom is -0.256 e. The lowest BCUT2D eigenvalue weighted by Crippen LogP contribution is -1.87. The average Bonchev–Trinajstić information content (AvgIpc) is 2.45. The van der Waals surface area contributed by atoms with Crippen molar-refractivity contribution in [1.29, 1.82) is 0 Å². The van der Waals surface area contributed by atoms with Gasteiger partial charge in [0.05, 0.1) is 5.69 Å². The van der Waals surface area contributed by atoms with Crippen LogP contribution < -0.4 is 0 Å². The van der Waals surface area contributed by atoms with Crippen LogP contribution >= 0.6 is 0 Å². The first-order valence-electron chi connectivity index (χ1n) is 5.93. The largest absolute Gasteiger partial charge is 0.256 e. The van der Waals surface area contributed by atoms with Gasteiger partial charge in [-0.1, -0.05) is 50.6 Å². The summed E-state index contributed by atoms with van der Waals surface area (Å²) in [5.41, 5.74) is 3.41. The molecule has 0 aliphatic heterocycles. The van der Waals surface area contributed by atoms with Gasteiger partial charge in [-0.25, -0.2) is 0 Å². The zero-order valence-corrected chi connectivity index (χ0v) is 11.6. The summed E-state index contributed by atoms with van der Waals surface area (Å²) in [5, 5.41) is 0. The number of hydrogen-bond donors (Lipinski definition) is 0. The number of pyridine rings is 1. The Labute approximate surface area is 116 Å². The van der Waals surface area contributed by atoms with E-state index < -0.39 is 0 Å². The van der Waals surface area contributed by atoms with Crippen LogP contribution in [0, 0.1) is 0 Å². The molecule has 0 radical (unpaired) electrons. The minimum absolute atomic E-state index is 0.801. The van der Waals surface area contributed by atoms with E-state index in [0.29, 0.717) is 0 Å². The molecule has 0 aliphatic carbocycles. The molecule has 0 saturated carbocycles. The Bertz CT molecular complexity index is 490. The van der Waals surface area contributed by atoms with Crippen LogP contribution in [-0.4, -0.2) is 4.98 Å². The van der Waals surface area contributed by atoms with Crippen molar-refractivity contribution in [2.24, 2.45) is 0 Å². The topological polar surface area (TPSA) is 12.9 Å². The SMILES string of the molecule is C=CC.C=CC(=C)C(=C)/C=C(\C=C)c1ccccn1. The summed E-state index contributed by atoms with van der Waals surface area (Å²) in [6, 6.07) is 5.74. The molecular formula is C18H21N. The second kappa shape index (κ2) is 9.60. The van der Waals surface area contributed by atoms with Gasteiger partial charge in [-0.2, -0.15) is 0 Å². The molecule has 1 rings (SSSR count). The van der Waals surface area contributed by atoms with Crippen LogP contribution in [0.15, 0.2) is 92.7 Å². The average molecular weight is 251 g/mol. The van der Waals surface area contributed by atoms with Crippen molar-refractivity contribution in [3.63, 3.8) is 0 Å². The first kappa shape index (κ1) is 16.6. The number of rotatable bonds is 5. The van der Waals surface area contributed by atoms with Crippen LogP contribution in [0.1, 0.15) is 12.6 Å². The lowest BCUT2D eigenvalue weighted by atomic mass is 10.0. The third kappa shape index (κ3) is 6.18. The van der Waals surface area contributed by atoms with Crippen LogP contribution in [0.3, 0.4) is 0 Å². The van der Waals surface area contributed by atoms with Crippen molar-refractivity contribution in [2.45, 2.75) is 6.92 Å². The van der Waals surface area contributed by atoms with Gasteiger partial charge in [0.1, 0.15) is 0 Å². The predicted octanol–water partition coefficient (Wildman–Crippen LogP) is 5.14. The van der Waals surface area contributed by atoms with E-state index >= 15 is 0 Å². The van der Waals surface area contributed by atoms with Gasteiger partial charge < -0.3 is 0 Å². The molecule has 1 aromatic rings. The van der Waals surface area contributed by atoms with Gasteiger partial charge in [0.2, 0.25) is 0 Å². The third-order valence-corrected chi connectivity index (χ3v) is 2.17. The monoisotopic (exact) mass is 251 g/mol. The molecule has 98 valence electrons. The van der Waals surface area contributed by atoms with Gasteiger partial charge in [-0.15, -0.1) is 6.58 Å². The molecule has 0 aliphatic rings. The standard InChI is InChI=1S/C15H15N.C3H6/c1-5-12(3)13(4)11-14(6-2)15-9-7-8-10-16-15;1-3-2/h5-11H,1-4H2;3H,1H2,2H3/b14-11+;. The van der Waals surface area contributed by atoms with Crippen LogP contribution in [-0.2, 0) is 0 Å². The Kier molecular flexibility index (Phi) is 8.38. The van der Waals surface area contributed by atoms with Gasteiger partial charge in [0.25, 0.3) is 0 Å². The van der Waals surface area contributed by atoms with Gasteiger partial charge in [-0.05, 0) is 36.3 Å². The third-order valence-electron chi connectivity index (χ3n) is 2.17. The molecule has 0 spiro atoms. The Balaban J connectivity index is 0.000000982. The molecule has 1 nitrogen and oxygen atoms in total. The maximum atomic E-state index is 4.25. The molecule has 0 N–H and O–H groups in total. The summed E-state index contributed by atoms with van der Waals surface area (Å²) in [6.45, 7) is 20.4. The van der Waals surface area contributed by atoms with Crippen LogP contribution in [0.25, 0.3) is 5.57 Å². The Morgan fingerprint density at radius 1 is 1.05 bits per heavy atom. The summed E-state index contributed by atoms with van der Waals surface area (Å²) in [4.78, 5) is 4.25. The Morgan fingerprint density at radius 2 is 1.68 bits per heavy atom. The zero-order chi connectivity index (χ0) is 14.7. The minimum atomic E-state index is 0.801. The lowest BCUT2D eigenvalue weighted by molar-refractivity contribution is 1.28. The molecule has 0 aromatic carbocycles. The summed E-state index contributed by atoms with van der Waals surface area (Å²) in [5.74, 6) is 0. The molecule has 0 atom stereocenters. The summed E-state index contributed by atoms with van der Waals surface area (Å²) in [6.07, 6.45) is 8.83. The van der Waals surface area contributed by atoms with Crippen LogP contribution in [0.4, 0.5) is 0 Å². The highest BCUT2D eigenvalue weighted by Gasteiger charge is 1.99. The highest BCUT2D eigenvalue weighted by Crippen LogP contribution is 2.17. The van der Waals surface area contributed by atoms with E-state index in [2.05, 4.69) is 37.9 Å². The van der Waals surface area contributed by atoms with E-state index in [0.717, 1.165) is 22.4 Å². The number of allylic oxidation sites excluding steroid dienone is 7. The van der Waals surface area contributed by atoms with Crippen molar-refractivity contribution in [3.05, 3.63) is 98.4 Å². The molecule has 0 bridgehead atoms. The second-order valence-electron chi connectivity index (χ2n) is 3.68. The molecule has 19 heavy (non-hydrogen) atoms. The van der Waals surface area contributed by atoms with E-state index in [1.54, 1.807) is 24.4 Å². The molecular weight excluding hydrogens is 230 g/mol. The first-order chi connectivity index (χ1) is 9.10. The van der Waals surface area contributed by atoms with E-state index in [9.17, 15) is 0 Å². The smallest absolute Gasteiger partial charge is 0.0701 e. The number of aromatic nitrogens is 1. The van der Waals surface area contributed by atoms with E-state index in [4.69, 9.17) is 0 Å². The zero-order valence-electron chi connectivity index (χ0n) is 11.6. The molecule has 0 amide bonds. The highest BCUT2D eigenvalue weighted by molar-refractivity contribution is 5.74. The molecule has 0 fully saturated rings. The lowest BCUT2D eigenvalue weighted by Gasteiger charge is -2.03. The summed E-state index contributed by atoms with van der Waals surface area (Å²) in [7, 11) is 0. The summed E-state index contributed by atoms with van der Waals surface area (Å²) < 4.78 is 0. The molecule has 1 aromatic heterocycles. The fourth-order valence-corrected chi connectivity index (χ4v) is 1.18. The van der Waals surface area contributed by atoms with Crippen LogP contribution in [0.2, 0.25) is 0 Å². The highest BCUT2D eigenvalue weighted by atomic mass is 14.7. The van der Waals surface area contributed by atoms with Crippen molar-refractivity contribution in [2.75, 3.05) is 0 Å². The summed E-state index contributed by atoms with van der Waals surface area (Å²) >= 11 is 0. The molecule has 1 heterocycles. The van der Waals surface area contributed by atoms with Crippen molar-refractivity contribution in [3.8, 4) is 0 Å². The second-order valence-corrected chi connectivity index (χ2v) is 3.68. The predicted molar refractivity (Wildman–Crippen MR) is 86.8 cm³/mol. The van der Waals surface area contributed by atoms with Crippen LogP contribution in [0.5, 0.6) is 0 Å². The van der Waals surface area contributed by atoms with Crippen molar-refractivity contribution < 1.29 is 0 Å². The maximum Gasteiger partial charge on any atom is 0.0701 e. The number of nitrogens with zero attached hydrogens (tertiary/aromatic N) is 1. The first-order valence-corrected chi connectivity index (χ1v) is 5.93. The Morgan fingerprint density at radius 3 is 2.11 bits per heavy atom. The van der Waals surface area contributed by atoms with E-state index in [1.807, 2.05) is 31.2 Å². The molecule has 1 heteroatoms. The maximum absolute atomic E-state index is 4.25. The molecule has 0 saturated heterocycles. The van der Waals surface area contributed by atoms with E-state index in [1.165, 1.54) is 0 Å². The Hall–Kier alpha value is -2.41. The quantitative estimate of drug-likeness (QED) is 0.521. The van der Waals surface area contributed by atoms with Crippen molar-refractivity contribution >= 4 is 5.57 Å². The van der Waals surface area contributed by atoms with Gasteiger partial charge in [0, 0.05) is 11.8 Å². The van der Waals surface area contributed by atoms with Gasteiger partial charge in [0.15, 0.2) is 0 Å². The normalized spacial score (nSPS) is 9.63. The fourth-order valence-electron chi connectivity index (χ4n) is 1.18. The van der Waals surface area contributed by atoms with E-state index in [-0.39, 0.29) is 0 Å². The fraction of sp³-hybridized carbons (Fsp3) is 0.0556. The van der Waals surface area contributed by atoms with Gasteiger partial charge in [-0.3, -0.25) is 4.98 Å². The van der Waals surface area contributed by atoms with Gasteiger partial charge >= 0.3 is 0 Å². The van der Waals surface area contributed by atoms with Crippen molar-refractivity contribution in [1.82, 2.24) is 4.98 Å². The molecule has 0 unspecified atom stereocenters. The number of hydrogen-bond acceptors (Lipinski definition) is 1.